The average Bonchev–Trinajstić information content (AvgIpc) is 2.83. The highest BCUT2D eigenvalue weighted by atomic mass is 16.4. The molecule has 5 rings (SSSR count). The number of hydrogen-bond donors (Lipinski definition) is 2. The van der Waals surface area contributed by atoms with E-state index in [9.17, 15) is 19.8 Å². The second-order valence-electron chi connectivity index (χ2n) is 9.95. The summed E-state index contributed by atoms with van der Waals surface area (Å²) in [6.07, 6.45) is 0. The smallest absolute Gasteiger partial charge is 0.344 e. The molecule has 0 amide bonds. The molecule has 0 unspecified atom stereocenters. The van der Waals surface area contributed by atoms with Gasteiger partial charge in [-0.1, -0.05) is 18.2 Å². The Labute approximate surface area is 213 Å². The maximum absolute atomic E-state index is 13.4. The lowest BCUT2D eigenvalue weighted by molar-refractivity contribution is 0.441. The van der Waals surface area contributed by atoms with Gasteiger partial charge in [-0.25, -0.2) is 9.59 Å². The summed E-state index contributed by atoms with van der Waals surface area (Å²) in [7, 11) is 0. The first-order valence-corrected chi connectivity index (χ1v) is 12.1. The molecule has 0 saturated carbocycles. The van der Waals surface area contributed by atoms with E-state index in [0.717, 1.165) is 33.4 Å². The first kappa shape index (κ1) is 24.4. The number of rotatable bonds is 3. The molecule has 0 spiro atoms. The van der Waals surface area contributed by atoms with Crippen molar-refractivity contribution in [3.63, 3.8) is 0 Å². The number of aryl methyl sites for hydroxylation is 6. The minimum atomic E-state index is -1.14. The molecular formula is C31H28O6. The van der Waals surface area contributed by atoms with E-state index in [2.05, 4.69) is 0 Å². The van der Waals surface area contributed by atoms with Crippen LogP contribution in [0.5, 0.6) is 11.5 Å². The van der Waals surface area contributed by atoms with Crippen LogP contribution in [0, 0.1) is 41.5 Å². The lowest BCUT2D eigenvalue weighted by Crippen LogP contribution is -2.21. The molecule has 3 aromatic carbocycles. The van der Waals surface area contributed by atoms with E-state index in [1.807, 2.05) is 53.7 Å². The van der Waals surface area contributed by atoms with E-state index in [-0.39, 0.29) is 33.8 Å². The zero-order valence-corrected chi connectivity index (χ0v) is 21.6. The van der Waals surface area contributed by atoms with E-state index in [0.29, 0.717) is 16.3 Å². The van der Waals surface area contributed by atoms with Crippen molar-refractivity contribution in [2.24, 2.45) is 0 Å². The lowest BCUT2D eigenvalue weighted by atomic mass is 9.83. The van der Waals surface area contributed by atoms with Gasteiger partial charge in [0.15, 0.2) is 0 Å². The molecule has 0 aliphatic rings. The van der Waals surface area contributed by atoms with Crippen LogP contribution < -0.4 is 11.3 Å². The molecule has 5 aromatic rings. The van der Waals surface area contributed by atoms with Gasteiger partial charge in [-0.05, 0) is 105 Å². The summed E-state index contributed by atoms with van der Waals surface area (Å²) < 4.78 is 11.3. The van der Waals surface area contributed by atoms with Crippen molar-refractivity contribution in [2.75, 3.05) is 0 Å². The number of hydrogen-bond acceptors (Lipinski definition) is 6. The maximum atomic E-state index is 13.4. The highest BCUT2D eigenvalue weighted by Gasteiger charge is 2.33. The SMILES string of the molecule is Cc1ccc(C(c2c(O)c3cc(C)c(C)cc3oc2=O)c2c(O)c3cc(C)c(C)cc3oc2=O)cc1C. The van der Waals surface area contributed by atoms with E-state index in [4.69, 9.17) is 8.83 Å². The van der Waals surface area contributed by atoms with Gasteiger partial charge in [-0.2, -0.15) is 0 Å². The van der Waals surface area contributed by atoms with Crippen LogP contribution in [0.2, 0.25) is 0 Å². The summed E-state index contributed by atoms with van der Waals surface area (Å²) >= 11 is 0. The minimum absolute atomic E-state index is 0.134. The molecule has 0 radical (unpaired) electrons. The van der Waals surface area contributed by atoms with E-state index in [1.54, 1.807) is 30.3 Å². The third-order valence-electron chi connectivity index (χ3n) is 7.50. The lowest BCUT2D eigenvalue weighted by Gasteiger charge is -2.21. The van der Waals surface area contributed by atoms with Gasteiger partial charge in [0.05, 0.1) is 27.8 Å². The Morgan fingerprint density at radius 3 is 1.41 bits per heavy atom. The second kappa shape index (κ2) is 8.66. The summed E-state index contributed by atoms with van der Waals surface area (Å²) in [6.45, 7) is 11.4. The van der Waals surface area contributed by atoms with Crippen molar-refractivity contribution in [3.05, 3.63) is 113 Å². The van der Waals surface area contributed by atoms with Crippen molar-refractivity contribution in [1.29, 1.82) is 0 Å². The molecule has 0 fully saturated rings. The van der Waals surface area contributed by atoms with Crippen LogP contribution in [0.4, 0.5) is 0 Å². The predicted octanol–water partition coefficient (Wildman–Crippen LogP) is 6.34. The van der Waals surface area contributed by atoms with Gasteiger partial charge in [-0.3, -0.25) is 0 Å². The Hall–Kier alpha value is -4.32. The zero-order valence-electron chi connectivity index (χ0n) is 21.6. The monoisotopic (exact) mass is 496 g/mol. The summed E-state index contributed by atoms with van der Waals surface area (Å²) in [6, 6.07) is 12.4. The topological polar surface area (TPSA) is 101 Å². The van der Waals surface area contributed by atoms with Crippen molar-refractivity contribution < 1.29 is 19.0 Å². The first-order chi connectivity index (χ1) is 17.5. The molecule has 2 heterocycles. The highest BCUT2D eigenvalue weighted by Crippen LogP contribution is 2.43. The molecule has 0 aliphatic heterocycles. The van der Waals surface area contributed by atoms with Gasteiger partial charge < -0.3 is 19.0 Å². The largest absolute Gasteiger partial charge is 0.507 e. The van der Waals surface area contributed by atoms with Crippen LogP contribution in [0.25, 0.3) is 21.9 Å². The number of benzene rings is 3. The Morgan fingerprint density at radius 1 is 0.568 bits per heavy atom. The van der Waals surface area contributed by atoms with Gasteiger partial charge in [0.25, 0.3) is 0 Å². The molecule has 2 aromatic heterocycles. The fourth-order valence-electron chi connectivity index (χ4n) is 4.84. The van der Waals surface area contributed by atoms with E-state index >= 15 is 0 Å². The van der Waals surface area contributed by atoms with Crippen molar-refractivity contribution in [1.82, 2.24) is 0 Å². The van der Waals surface area contributed by atoms with Crippen LogP contribution in [0.15, 0.2) is 60.9 Å². The normalized spacial score (nSPS) is 11.6. The standard InChI is InChI=1S/C31H28O6/c1-14-7-8-20(9-15(14)2)25(26-28(32)21-10-16(3)18(5)12-23(21)36-30(26)34)27-29(33)22-11-17(4)19(6)13-24(22)37-31(27)35/h7-13,25,32-33H,1-6H3. The Bertz CT molecular complexity index is 1740. The van der Waals surface area contributed by atoms with Gasteiger partial charge in [0, 0.05) is 0 Å². The van der Waals surface area contributed by atoms with Crippen molar-refractivity contribution >= 4 is 21.9 Å². The molecule has 0 saturated heterocycles. The van der Waals surface area contributed by atoms with Crippen LogP contribution in [0.1, 0.15) is 56.0 Å². The summed E-state index contributed by atoms with van der Waals surface area (Å²) in [4.78, 5) is 26.9. The molecule has 6 heteroatoms. The molecule has 6 nitrogen and oxygen atoms in total. The molecular weight excluding hydrogens is 468 g/mol. The Kier molecular flexibility index (Phi) is 5.71. The fraction of sp³-hybridized carbons (Fsp3) is 0.226. The van der Waals surface area contributed by atoms with Crippen LogP contribution >= 0.6 is 0 Å². The van der Waals surface area contributed by atoms with Gasteiger partial charge in [0.2, 0.25) is 0 Å². The predicted molar refractivity (Wildman–Crippen MR) is 144 cm³/mol. The molecule has 0 atom stereocenters. The Balaban J connectivity index is 1.93. The van der Waals surface area contributed by atoms with Crippen molar-refractivity contribution in [2.45, 2.75) is 47.5 Å². The fourth-order valence-corrected chi connectivity index (χ4v) is 4.84. The van der Waals surface area contributed by atoms with E-state index < -0.39 is 17.2 Å². The van der Waals surface area contributed by atoms with Crippen LogP contribution in [0.3, 0.4) is 0 Å². The molecule has 0 aliphatic carbocycles. The first-order valence-electron chi connectivity index (χ1n) is 12.1. The van der Waals surface area contributed by atoms with Crippen LogP contribution in [-0.2, 0) is 0 Å². The molecule has 2 N–H and O–H groups in total. The van der Waals surface area contributed by atoms with Gasteiger partial charge in [-0.15, -0.1) is 0 Å². The van der Waals surface area contributed by atoms with Crippen molar-refractivity contribution in [3.8, 4) is 11.5 Å². The average molecular weight is 497 g/mol. The quantitative estimate of drug-likeness (QED) is 0.283. The van der Waals surface area contributed by atoms with Gasteiger partial charge >= 0.3 is 11.3 Å². The highest BCUT2D eigenvalue weighted by molar-refractivity contribution is 5.88. The minimum Gasteiger partial charge on any atom is -0.507 e. The Morgan fingerprint density at radius 2 is 0.973 bits per heavy atom. The maximum Gasteiger partial charge on any atom is 0.344 e. The molecule has 0 bridgehead atoms. The second-order valence-corrected chi connectivity index (χ2v) is 9.95. The van der Waals surface area contributed by atoms with Crippen LogP contribution in [-0.4, -0.2) is 10.2 Å². The third kappa shape index (κ3) is 3.89. The zero-order chi connectivity index (χ0) is 26.8. The summed E-state index contributed by atoms with van der Waals surface area (Å²) in [5.41, 5.74) is 4.75. The van der Waals surface area contributed by atoms with E-state index in [1.165, 1.54) is 0 Å². The third-order valence-corrected chi connectivity index (χ3v) is 7.50. The summed E-state index contributed by atoms with van der Waals surface area (Å²) in [5.74, 6) is -1.73. The molecule has 188 valence electrons. The van der Waals surface area contributed by atoms with Gasteiger partial charge in [0.1, 0.15) is 22.7 Å². The number of fused-ring (bicyclic) bond motifs is 2. The summed E-state index contributed by atoms with van der Waals surface area (Å²) in [5, 5.41) is 23.6. The molecule has 37 heavy (non-hydrogen) atoms. The number of aromatic hydroxyl groups is 2.